The van der Waals surface area contributed by atoms with E-state index in [0.29, 0.717) is 18.7 Å². The van der Waals surface area contributed by atoms with E-state index in [4.69, 9.17) is 4.74 Å². The smallest absolute Gasteiger partial charge is 0.369 e. The van der Waals surface area contributed by atoms with Gasteiger partial charge < -0.3 is 9.64 Å². The Labute approximate surface area is 143 Å². The van der Waals surface area contributed by atoms with E-state index in [1.165, 1.54) is 6.20 Å². The Balaban J connectivity index is 2.07. The molecule has 0 aliphatic carbocycles. The molecule has 5 nitrogen and oxygen atoms in total. The molecule has 0 amide bonds. The standard InChI is InChI=1S/C17H19F3N4O/c1-11-9-24(10-16(2,3)25-11)14-7-13(17(18,19)20)22-15(23-14)12-5-4-6-21-8-12/h4-8,11H,9-10H2,1-3H3/t11-/m0/s1. The van der Waals surface area contributed by atoms with Crippen LogP contribution in [0.5, 0.6) is 0 Å². The molecule has 0 spiro atoms. The van der Waals surface area contributed by atoms with E-state index in [1.807, 2.05) is 25.7 Å². The van der Waals surface area contributed by atoms with Crippen molar-refractivity contribution in [3.8, 4) is 11.4 Å². The molecular weight excluding hydrogens is 333 g/mol. The predicted molar refractivity (Wildman–Crippen MR) is 87.1 cm³/mol. The van der Waals surface area contributed by atoms with Gasteiger partial charge in [0.05, 0.1) is 11.7 Å². The van der Waals surface area contributed by atoms with Gasteiger partial charge in [0.25, 0.3) is 0 Å². The van der Waals surface area contributed by atoms with Crippen LogP contribution in [-0.2, 0) is 10.9 Å². The molecule has 1 saturated heterocycles. The van der Waals surface area contributed by atoms with Gasteiger partial charge in [-0.2, -0.15) is 13.2 Å². The molecule has 2 aromatic rings. The molecule has 1 aliphatic rings. The quantitative estimate of drug-likeness (QED) is 0.827. The van der Waals surface area contributed by atoms with Crippen LogP contribution < -0.4 is 4.90 Å². The molecule has 3 heterocycles. The van der Waals surface area contributed by atoms with Crippen LogP contribution in [0.3, 0.4) is 0 Å². The van der Waals surface area contributed by atoms with Gasteiger partial charge in [-0.25, -0.2) is 9.97 Å². The summed E-state index contributed by atoms with van der Waals surface area (Å²) in [6.07, 6.45) is -1.67. The normalized spacial score (nSPS) is 20.6. The maximum Gasteiger partial charge on any atom is 0.433 e. The molecule has 0 N–H and O–H groups in total. The van der Waals surface area contributed by atoms with Crippen LogP contribution in [0.4, 0.5) is 19.0 Å². The number of hydrogen-bond donors (Lipinski definition) is 0. The Morgan fingerprint density at radius 3 is 2.64 bits per heavy atom. The zero-order valence-corrected chi connectivity index (χ0v) is 14.2. The third-order valence-electron chi connectivity index (χ3n) is 3.82. The lowest BCUT2D eigenvalue weighted by Gasteiger charge is -2.42. The Morgan fingerprint density at radius 2 is 2.04 bits per heavy atom. The maximum absolute atomic E-state index is 13.3. The largest absolute Gasteiger partial charge is 0.433 e. The van der Waals surface area contributed by atoms with Crippen molar-refractivity contribution < 1.29 is 17.9 Å². The van der Waals surface area contributed by atoms with Crippen molar-refractivity contribution in [2.75, 3.05) is 18.0 Å². The number of anilines is 1. The van der Waals surface area contributed by atoms with E-state index in [-0.39, 0.29) is 17.7 Å². The molecule has 0 saturated carbocycles. The second-order valence-electron chi connectivity index (χ2n) is 6.74. The highest BCUT2D eigenvalue weighted by atomic mass is 19.4. The number of nitrogens with zero attached hydrogens (tertiary/aromatic N) is 4. The third-order valence-corrected chi connectivity index (χ3v) is 3.82. The van der Waals surface area contributed by atoms with Crippen LogP contribution in [0, 0.1) is 0 Å². The molecule has 3 rings (SSSR count). The highest BCUT2D eigenvalue weighted by Crippen LogP contribution is 2.33. The maximum atomic E-state index is 13.3. The molecule has 0 bridgehead atoms. The number of hydrogen-bond acceptors (Lipinski definition) is 5. The monoisotopic (exact) mass is 352 g/mol. The second-order valence-corrected chi connectivity index (χ2v) is 6.74. The second kappa shape index (κ2) is 6.25. The lowest BCUT2D eigenvalue weighted by molar-refractivity contribution is -0.141. The SMILES string of the molecule is C[C@H]1CN(c2cc(C(F)(F)F)nc(-c3cccnc3)n2)CC(C)(C)O1. The molecule has 2 aromatic heterocycles. The van der Waals surface area contributed by atoms with Crippen molar-refractivity contribution in [2.45, 2.75) is 38.7 Å². The zero-order chi connectivity index (χ0) is 18.2. The van der Waals surface area contributed by atoms with Crippen molar-refractivity contribution >= 4 is 5.82 Å². The molecule has 0 aromatic carbocycles. The number of halogens is 3. The van der Waals surface area contributed by atoms with E-state index in [9.17, 15) is 13.2 Å². The van der Waals surface area contributed by atoms with Crippen molar-refractivity contribution in [2.24, 2.45) is 0 Å². The minimum absolute atomic E-state index is 0.00914. The number of alkyl halides is 3. The number of ether oxygens (including phenoxy) is 1. The fraction of sp³-hybridized carbons (Fsp3) is 0.471. The first-order valence-corrected chi connectivity index (χ1v) is 7.93. The van der Waals surface area contributed by atoms with Gasteiger partial charge in [0.15, 0.2) is 11.5 Å². The Morgan fingerprint density at radius 1 is 1.28 bits per heavy atom. The van der Waals surface area contributed by atoms with E-state index < -0.39 is 17.5 Å². The van der Waals surface area contributed by atoms with Crippen molar-refractivity contribution in [3.05, 3.63) is 36.3 Å². The summed E-state index contributed by atoms with van der Waals surface area (Å²) in [5.41, 5.74) is -1.00. The average molecular weight is 352 g/mol. The molecule has 1 fully saturated rings. The molecule has 0 unspecified atom stereocenters. The molecular formula is C17H19F3N4O. The van der Waals surface area contributed by atoms with E-state index >= 15 is 0 Å². The van der Waals surface area contributed by atoms with Crippen molar-refractivity contribution in [1.29, 1.82) is 0 Å². The Kier molecular flexibility index (Phi) is 4.40. The first kappa shape index (κ1) is 17.6. The zero-order valence-electron chi connectivity index (χ0n) is 14.2. The number of rotatable bonds is 2. The van der Waals surface area contributed by atoms with E-state index in [1.54, 1.807) is 18.3 Å². The minimum Gasteiger partial charge on any atom is -0.369 e. The van der Waals surface area contributed by atoms with E-state index in [0.717, 1.165) is 6.07 Å². The van der Waals surface area contributed by atoms with Crippen LogP contribution in [0.2, 0.25) is 0 Å². The summed E-state index contributed by atoms with van der Waals surface area (Å²) in [7, 11) is 0. The van der Waals surface area contributed by atoms with Gasteiger partial charge in [-0.1, -0.05) is 0 Å². The van der Waals surface area contributed by atoms with Crippen LogP contribution in [0.25, 0.3) is 11.4 Å². The highest BCUT2D eigenvalue weighted by molar-refractivity contribution is 5.57. The number of aromatic nitrogens is 3. The van der Waals surface area contributed by atoms with Gasteiger partial charge in [0.2, 0.25) is 0 Å². The van der Waals surface area contributed by atoms with Crippen LogP contribution in [-0.4, -0.2) is 39.7 Å². The molecule has 25 heavy (non-hydrogen) atoms. The molecule has 1 atom stereocenters. The van der Waals surface area contributed by atoms with Crippen molar-refractivity contribution in [1.82, 2.24) is 15.0 Å². The lowest BCUT2D eigenvalue weighted by atomic mass is 10.1. The average Bonchev–Trinajstić information content (AvgIpc) is 2.52. The first-order valence-electron chi connectivity index (χ1n) is 7.93. The Hall–Kier alpha value is -2.22. The summed E-state index contributed by atoms with van der Waals surface area (Å²) in [5.74, 6) is 0.249. The summed E-state index contributed by atoms with van der Waals surface area (Å²) in [5, 5.41) is 0. The topological polar surface area (TPSA) is 51.1 Å². The molecule has 0 radical (unpaired) electrons. The summed E-state index contributed by atoms with van der Waals surface area (Å²) in [6, 6.07) is 4.27. The Bertz CT molecular complexity index is 749. The van der Waals surface area contributed by atoms with Gasteiger partial charge in [0, 0.05) is 37.1 Å². The summed E-state index contributed by atoms with van der Waals surface area (Å²) < 4.78 is 45.8. The highest BCUT2D eigenvalue weighted by Gasteiger charge is 2.36. The number of pyridine rings is 1. The minimum atomic E-state index is -4.55. The molecule has 134 valence electrons. The van der Waals surface area contributed by atoms with Gasteiger partial charge >= 0.3 is 6.18 Å². The lowest BCUT2D eigenvalue weighted by Crippen LogP contribution is -2.52. The van der Waals surface area contributed by atoms with Crippen LogP contribution >= 0.6 is 0 Å². The van der Waals surface area contributed by atoms with Crippen molar-refractivity contribution in [3.63, 3.8) is 0 Å². The number of morpholine rings is 1. The predicted octanol–water partition coefficient (Wildman–Crippen LogP) is 3.56. The first-order chi connectivity index (χ1) is 11.6. The summed E-state index contributed by atoms with van der Waals surface area (Å²) >= 11 is 0. The van der Waals surface area contributed by atoms with E-state index in [2.05, 4.69) is 15.0 Å². The molecule has 1 aliphatic heterocycles. The summed E-state index contributed by atoms with van der Waals surface area (Å²) in [6.45, 7) is 6.61. The van der Waals surface area contributed by atoms with Crippen LogP contribution in [0.15, 0.2) is 30.6 Å². The fourth-order valence-corrected chi connectivity index (χ4v) is 2.99. The summed E-state index contributed by atoms with van der Waals surface area (Å²) in [4.78, 5) is 13.8. The van der Waals surface area contributed by atoms with Gasteiger partial charge in [-0.3, -0.25) is 4.98 Å². The van der Waals surface area contributed by atoms with Crippen LogP contribution in [0.1, 0.15) is 26.5 Å². The third kappa shape index (κ3) is 4.07. The van der Waals surface area contributed by atoms with Gasteiger partial charge in [0.1, 0.15) is 5.82 Å². The van der Waals surface area contributed by atoms with Gasteiger partial charge in [-0.05, 0) is 32.9 Å². The fourth-order valence-electron chi connectivity index (χ4n) is 2.99. The molecule has 8 heteroatoms. The van der Waals surface area contributed by atoms with Gasteiger partial charge in [-0.15, -0.1) is 0 Å².